The predicted molar refractivity (Wildman–Crippen MR) is 52.7 cm³/mol. The SMILES string of the molecule is CC(C)(C)OC(=O)CC(O)N1CCC1. The lowest BCUT2D eigenvalue weighted by Crippen LogP contribution is -2.46. The van der Waals surface area contributed by atoms with Crippen molar-refractivity contribution >= 4 is 5.97 Å². The topological polar surface area (TPSA) is 49.8 Å². The zero-order valence-corrected chi connectivity index (χ0v) is 9.12. The second-order valence-electron chi connectivity index (χ2n) is 4.66. The predicted octanol–water partition coefficient (Wildman–Crippen LogP) is 0.742. The van der Waals surface area contributed by atoms with Crippen molar-refractivity contribution in [3.63, 3.8) is 0 Å². The van der Waals surface area contributed by atoms with E-state index in [0.29, 0.717) is 0 Å². The van der Waals surface area contributed by atoms with Crippen LogP contribution in [0.2, 0.25) is 0 Å². The van der Waals surface area contributed by atoms with Crippen LogP contribution in [-0.4, -0.2) is 40.9 Å². The molecule has 4 nitrogen and oxygen atoms in total. The number of likely N-dealkylation sites (tertiary alicyclic amines) is 1. The maximum Gasteiger partial charge on any atom is 0.310 e. The van der Waals surface area contributed by atoms with E-state index in [0.717, 1.165) is 19.5 Å². The molecule has 82 valence electrons. The van der Waals surface area contributed by atoms with Crippen molar-refractivity contribution < 1.29 is 14.6 Å². The summed E-state index contributed by atoms with van der Waals surface area (Å²) in [5.74, 6) is -0.336. The molecule has 1 unspecified atom stereocenters. The normalized spacial score (nSPS) is 20.0. The molecule has 0 bridgehead atoms. The van der Waals surface area contributed by atoms with E-state index in [4.69, 9.17) is 4.74 Å². The molecule has 1 N–H and O–H groups in total. The zero-order valence-electron chi connectivity index (χ0n) is 9.12. The standard InChI is InChI=1S/C10H19NO3/c1-10(2,3)14-9(13)7-8(12)11-5-4-6-11/h8,12H,4-7H2,1-3H3. The number of aliphatic hydroxyl groups excluding tert-OH is 1. The van der Waals surface area contributed by atoms with E-state index in [1.54, 1.807) is 0 Å². The van der Waals surface area contributed by atoms with E-state index in [1.807, 2.05) is 25.7 Å². The molecular formula is C10H19NO3. The van der Waals surface area contributed by atoms with Gasteiger partial charge in [0.25, 0.3) is 0 Å². The summed E-state index contributed by atoms with van der Waals surface area (Å²) in [5.41, 5.74) is -0.467. The van der Waals surface area contributed by atoms with E-state index in [-0.39, 0.29) is 12.4 Å². The fourth-order valence-electron chi connectivity index (χ4n) is 1.30. The third-order valence-corrected chi connectivity index (χ3v) is 2.08. The van der Waals surface area contributed by atoms with Gasteiger partial charge in [-0.2, -0.15) is 0 Å². The first-order valence-corrected chi connectivity index (χ1v) is 5.02. The Balaban J connectivity index is 2.25. The molecular weight excluding hydrogens is 182 g/mol. The van der Waals surface area contributed by atoms with Crippen molar-refractivity contribution in [3.8, 4) is 0 Å². The molecule has 0 radical (unpaired) electrons. The molecule has 0 amide bonds. The van der Waals surface area contributed by atoms with E-state index >= 15 is 0 Å². The van der Waals surface area contributed by atoms with Gasteiger partial charge in [0.1, 0.15) is 11.8 Å². The third-order valence-electron chi connectivity index (χ3n) is 2.08. The van der Waals surface area contributed by atoms with Gasteiger partial charge in [0, 0.05) is 13.1 Å². The molecule has 14 heavy (non-hydrogen) atoms. The first-order chi connectivity index (χ1) is 6.38. The summed E-state index contributed by atoms with van der Waals surface area (Å²) in [4.78, 5) is 13.2. The zero-order chi connectivity index (χ0) is 10.8. The van der Waals surface area contributed by atoms with Crippen LogP contribution in [0.25, 0.3) is 0 Å². The molecule has 0 spiro atoms. The van der Waals surface area contributed by atoms with Gasteiger partial charge in [-0.25, -0.2) is 0 Å². The molecule has 0 aliphatic carbocycles. The average molecular weight is 201 g/mol. The van der Waals surface area contributed by atoms with Crippen LogP contribution in [0.15, 0.2) is 0 Å². The van der Waals surface area contributed by atoms with Gasteiger partial charge >= 0.3 is 5.97 Å². The molecule has 4 heteroatoms. The molecule has 1 aliphatic heterocycles. The highest BCUT2D eigenvalue weighted by molar-refractivity contribution is 5.70. The minimum Gasteiger partial charge on any atom is -0.460 e. The smallest absolute Gasteiger partial charge is 0.310 e. The summed E-state index contributed by atoms with van der Waals surface area (Å²) in [6.07, 6.45) is 0.501. The van der Waals surface area contributed by atoms with Crippen molar-refractivity contribution in [2.75, 3.05) is 13.1 Å². The van der Waals surface area contributed by atoms with E-state index in [1.165, 1.54) is 0 Å². The fourth-order valence-corrected chi connectivity index (χ4v) is 1.30. The number of rotatable bonds is 3. The van der Waals surface area contributed by atoms with Gasteiger partial charge in [-0.3, -0.25) is 9.69 Å². The van der Waals surface area contributed by atoms with Crippen LogP contribution in [0.3, 0.4) is 0 Å². The van der Waals surface area contributed by atoms with Crippen LogP contribution >= 0.6 is 0 Å². The summed E-state index contributed by atoms with van der Waals surface area (Å²) < 4.78 is 5.10. The number of nitrogens with zero attached hydrogens (tertiary/aromatic N) is 1. The van der Waals surface area contributed by atoms with Gasteiger partial charge in [-0.1, -0.05) is 0 Å². The van der Waals surface area contributed by atoms with Gasteiger partial charge in [0.2, 0.25) is 0 Å². The molecule has 1 saturated heterocycles. The Kier molecular flexibility index (Phi) is 3.50. The summed E-state index contributed by atoms with van der Waals surface area (Å²) in [5, 5.41) is 9.56. The number of carbonyl (C=O) groups excluding carboxylic acids is 1. The van der Waals surface area contributed by atoms with Crippen LogP contribution in [-0.2, 0) is 9.53 Å². The van der Waals surface area contributed by atoms with E-state index in [2.05, 4.69) is 0 Å². The Labute approximate surface area is 84.8 Å². The minimum absolute atomic E-state index is 0.0667. The van der Waals surface area contributed by atoms with Gasteiger partial charge in [-0.15, -0.1) is 0 Å². The Morgan fingerprint density at radius 3 is 2.43 bits per heavy atom. The molecule has 0 aromatic carbocycles. The van der Waals surface area contributed by atoms with Gasteiger partial charge in [0.05, 0.1) is 6.42 Å². The summed E-state index contributed by atoms with van der Waals surface area (Å²) >= 11 is 0. The van der Waals surface area contributed by atoms with Crippen molar-refractivity contribution in [2.45, 2.75) is 45.4 Å². The molecule has 1 atom stereocenters. The number of aliphatic hydroxyl groups is 1. The van der Waals surface area contributed by atoms with Crippen molar-refractivity contribution in [3.05, 3.63) is 0 Å². The highest BCUT2D eigenvalue weighted by atomic mass is 16.6. The summed E-state index contributed by atoms with van der Waals surface area (Å²) in [6, 6.07) is 0. The van der Waals surface area contributed by atoms with Crippen molar-refractivity contribution in [1.82, 2.24) is 4.90 Å². The molecule has 1 aliphatic rings. The highest BCUT2D eigenvalue weighted by Crippen LogP contribution is 2.14. The lowest BCUT2D eigenvalue weighted by atomic mass is 10.1. The van der Waals surface area contributed by atoms with Crippen LogP contribution in [0.5, 0.6) is 0 Å². The number of carbonyl (C=O) groups is 1. The summed E-state index contributed by atoms with van der Waals surface area (Å²) in [6.45, 7) is 7.22. The first-order valence-electron chi connectivity index (χ1n) is 5.02. The lowest BCUT2D eigenvalue weighted by Gasteiger charge is -2.35. The largest absolute Gasteiger partial charge is 0.460 e. The second-order valence-corrected chi connectivity index (χ2v) is 4.66. The highest BCUT2D eigenvalue weighted by Gasteiger charge is 2.26. The maximum absolute atomic E-state index is 11.3. The number of ether oxygens (including phenoxy) is 1. The Morgan fingerprint density at radius 1 is 1.50 bits per heavy atom. The molecule has 0 aromatic rings. The quantitative estimate of drug-likeness (QED) is 0.684. The maximum atomic E-state index is 11.3. The van der Waals surface area contributed by atoms with Crippen molar-refractivity contribution in [1.29, 1.82) is 0 Å². The van der Waals surface area contributed by atoms with Crippen LogP contribution < -0.4 is 0 Å². The Morgan fingerprint density at radius 2 is 2.07 bits per heavy atom. The van der Waals surface area contributed by atoms with Crippen LogP contribution in [0.1, 0.15) is 33.6 Å². The molecule has 1 heterocycles. The van der Waals surface area contributed by atoms with Gasteiger partial charge < -0.3 is 9.84 Å². The number of esters is 1. The van der Waals surface area contributed by atoms with Gasteiger partial charge in [-0.05, 0) is 27.2 Å². The van der Waals surface area contributed by atoms with Crippen molar-refractivity contribution in [2.24, 2.45) is 0 Å². The molecule has 0 aromatic heterocycles. The Bertz CT molecular complexity index is 206. The minimum atomic E-state index is -0.668. The lowest BCUT2D eigenvalue weighted by molar-refractivity contribution is -0.161. The monoisotopic (exact) mass is 201 g/mol. The molecule has 1 fully saturated rings. The second kappa shape index (κ2) is 4.28. The van der Waals surface area contributed by atoms with Crippen LogP contribution in [0.4, 0.5) is 0 Å². The Hall–Kier alpha value is -0.610. The molecule has 0 saturated carbocycles. The fraction of sp³-hybridized carbons (Fsp3) is 0.900. The molecule has 1 rings (SSSR count). The average Bonchev–Trinajstić information content (AvgIpc) is 1.75. The summed E-state index contributed by atoms with van der Waals surface area (Å²) in [7, 11) is 0. The first kappa shape index (κ1) is 11.5. The van der Waals surface area contributed by atoms with E-state index in [9.17, 15) is 9.90 Å². The number of hydrogen-bond donors (Lipinski definition) is 1. The number of hydrogen-bond acceptors (Lipinski definition) is 4. The van der Waals surface area contributed by atoms with Gasteiger partial charge in [0.15, 0.2) is 0 Å². The van der Waals surface area contributed by atoms with E-state index < -0.39 is 11.8 Å². The third kappa shape index (κ3) is 3.64. The van der Waals surface area contributed by atoms with Crippen LogP contribution in [0, 0.1) is 0 Å².